The fourth-order valence-electron chi connectivity index (χ4n) is 2.89. The molecule has 1 atom stereocenters. The van der Waals surface area contributed by atoms with Crippen molar-refractivity contribution in [1.29, 1.82) is 0 Å². The Morgan fingerprint density at radius 2 is 2.17 bits per heavy atom. The standard InChI is InChI=1S/C16H22O2/c1-2-3-4-5-12-6-7-13-8-9-14(16(17)18)11-15(13)10-12/h8-9,11-12H,2-7,10H2,1H3,(H,17,18). The molecule has 1 aromatic rings. The van der Waals surface area contributed by atoms with Crippen molar-refractivity contribution >= 4 is 5.97 Å². The maximum absolute atomic E-state index is 11.0. The minimum absolute atomic E-state index is 0.433. The number of carboxylic acid groups (broad SMARTS) is 1. The zero-order chi connectivity index (χ0) is 13.0. The zero-order valence-corrected chi connectivity index (χ0v) is 11.1. The van der Waals surface area contributed by atoms with Crippen molar-refractivity contribution in [3.05, 3.63) is 34.9 Å². The summed E-state index contributed by atoms with van der Waals surface area (Å²) in [4.78, 5) is 11.0. The average molecular weight is 246 g/mol. The lowest BCUT2D eigenvalue weighted by Gasteiger charge is -2.24. The van der Waals surface area contributed by atoms with Gasteiger partial charge in [-0.1, -0.05) is 38.7 Å². The van der Waals surface area contributed by atoms with Gasteiger partial charge in [0, 0.05) is 0 Å². The third kappa shape index (κ3) is 3.12. The molecule has 0 amide bonds. The van der Waals surface area contributed by atoms with E-state index in [9.17, 15) is 4.79 Å². The Morgan fingerprint density at radius 3 is 2.89 bits per heavy atom. The fourth-order valence-corrected chi connectivity index (χ4v) is 2.89. The number of aryl methyl sites for hydroxylation is 1. The van der Waals surface area contributed by atoms with Crippen LogP contribution in [0.15, 0.2) is 18.2 Å². The van der Waals surface area contributed by atoms with Crippen LogP contribution in [0.2, 0.25) is 0 Å². The quantitative estimate of drug-likeness (QED) is 0.795. The zero-order valence-electron chi connectivity index (χ0n) is 11.1. The topological polar surface area (TPSA) is 37.3 Å². The SMILES string of the molecule is CCCCCC1CCc2ccc(C(=O)O)cc2C1. The van der Waals surface area contributed by atoms with E-state index < -0.39 is 5.97 Å². The van der Waals surface area contributed by atoms with E-state index in [2.05, 4.69) is 6.92 Å². The van der Waals surface area contributed by atoms with Crippen LogP contribution in [-0.4, -0.2) is 11.1 Å². The van der Waals surface area contributed by atoms with Gasteiger partial charge in [-0.15, -0.1) is 0 Å². The highest BCUT2D eigenvalue weighted by Gasteiger charge is 2.19. The van der Waals surface area contributed by atoms with Crippen LogP contribution >= 0.6 is 0 Å². The molecule has 0 heterocycles. The summed E-state index contributed by atoms with van der Waals surface area (Å²) >= 11 is 0. The van der Waals surface area contributed by atoms with Gasteiger partial charge < -0.3 is 5.11 Å². The van der Waals surface area contributed by atoms with Gasteiger partial charge in [0.2, 0.25) is 0 Å². The lowest BCUT2D eigenvalue weighted by atomic mass is 9.81. The van der Waals surface area contributed by atoms with Crippen molar-refractivity contribution < 1.29 is 9.90 Å². The highest BCUT2D eigenvalue weighted by atomic mass is 16.4. The van der Waals surface area contributed by atoms with Crippen LogP contribution < -0.4 is 0 Å². The van der Waals surface area contributed by atoms with Crippen LogP contribution in [-0.2, 0) is 12.8 Å². The van der Waals surface area contributed by atoms with Gasteiger partial charge >= 0.3 is 5.97 Å². The lowest BCUT2D eigenvalue weighted by molar-refractivity contribution is 0.0696. The van der Waals surface area contributed by atoms with Crippen LogP contribution in [0.1, 0.15) is 60.5 Å². The molecule has 2 nitrogen and oxygen atoms in total. The lowest BCUT2D eigenvalue weighted by Crippen LogP contribution is -2.15. The Bertz CT molecular complexity index is 423. The molecule has 0 bridgehead atoms. The molecular formula is C16H22O2. The molecule has 0 aliphatic heterocycles. The third-order valence-corrected chi connectivity index (χ3v) is 4.00. The van der Waals surface area contributed by atoms with Gasteiger partial charge in [0.15, 0.2) is 0 Å². The van der Waals surface area contributed by atoms with Crippen LogP contribution in [0.5, 0.6) is 0 Å². The number of benzene rings is 1. The molecule has 0 fully saturated rings. The van der Waals surface area contributed by atoms with Crippen LogP contribution in [0.4, 0.5) is 0 Å². The predicted octanol–water partition coefficient (Wildman–Crippen LogP) is 4.07. The van der Waals surface area contributed by atoms with Crippen molar-refractivity contribution in [3.8, 4) is 0 Å². The number of carboxylic acids is 1. The van der Waals surface area contributed by atoms with Crippen LogP contribution in [0, 0.1) is 5.92 Å². The first-order valence-electron chi connectivity index (χ1n) is 7.05. The smallest absolute Gasteiger partial charge is 0.335 e. The molecule has 0 radical (unpaired) electrons. The summed E-state index contributed by atoms with van der Waals surface area (Å²) in [6.45, 7) is 2.23. The van der Waals surface area contributed by atoms with E-state index in [4.69, 9.17) is 5.11 Å². The molecule has 0 saturated carbocycles. The average Bonchev–Trinajstić information content (AvgIpc) is 2.38. The molecule has 0 saturated heterocycles. The Balaban J connectivity index is 2.02. The van der Waals surface area contributed by atoms with Gasteiger partial charge in [0.25, 0.3) is 0 Å². The maximum atomic E-state index is 11.0. The Morgan fingerprint density at radius 1 is 1.33 bits per heavy atom. The van der Waals surface area contributed by atoms with E-state index in [1.165, 1.54) is 43.2 Å². The molecule has 0 spiro atoms. The maximum Gasteiger partial charge on any atom is 0.335 e. The predicted molar refractivity (Wildman–Crippen MR) is 73.1 cm³/mol. The van der Waals surface area contributed by atoms with Crippen molar-refractivity contribution in [2.24, 2.45) is 5.92 Å². The van der Waals surface area contributed by atoms with E-state index in [-0.39, 0.29) is 0 Å². The number of rotatable bonds is 5. The summed E-state index contributed by atoms with van der Waals surface area (Å²) in [6.07, 6.45) is 8.65. The molecule has 1 aliphatic carbocycles. The van der Waals surface area contributed by atoms with Gasteiger partial charge in [-0.05, 0) is 48.4 Å². The highest BCUT2D eigenvalue weighted by molar-refractivity contribution is 5.87. The molecule has 1 unspecified atom stereocenters. The van der Waals surface area contributed by atoms with E-state index in [0.29, 0.717) is 5.56 Å². The summed E-state index contributed by atoms with van der Waals surface area (Å²) in [5.74, 6) is -0.0565. The van der Waals surface area contributed by atoms with Gasteiger partial charge in [0.1, 0.15) is 0 Å². The second-order valence-corrected chi connectivity index (χ2v) is 5.39. The first-order valence-corrected chi connectivity index (χ1v) is 7.05. The van der Waals surface area contributed by atoms with Gasteiger partial charge in [-0.25, -0.2) is 4.79 Å². The summed E-state index contributed by atoms with van der Waals surface area (Å²) in [5, 5.41) is 9.03. The third-order valence-electron chi connectivity index (χ3n) is 4.00. The van der Waals surface area contributed by atoms with E-state index in [1.54, 1.807) is 6.07 Å². The molecule has 98 valence electrons. The van der Waals surface area contributed by atoms with E-state index in [1.807, 2.05) is 12.1 Å². The number of hydrogen-bond acceptors (Lipinski definition) is 1. The summed E-state index contributed by atoms with van der Waals surface area (Å²) in [7, 11) is 0. The van der Waals surface area contributed by atoms with Crippen LogP contribution in [0.25, 0.3) is 0 Å². The second-order valence-electron chi connectivity index (χ2n) is 5.39. The number of fused-ring (bicyclic) bond motifs is 1. The number of hydrogen-bond donors (Lipinski definition) is 1. The monoisotopic (exact) mass is 246 g/mol. The van der Waals surface area contributed by atoms with Crippen molar-refractivity contribution in [1.82, 2.24) is 0 Å². The van der Waals surface area contributed by atoms with Crippen LogP contribution in [0.3, 0.4) is 0 Å². The van der Waals surface area contributed by atoms with Crippen molar-refractivity contribution in [3.63, 3.8) is 0 Å². The van der Waals surface area contributed by atoms with Crippen molar-refractivity contribution in [2.75, 3.05) is 0 Å². The number of carbonyl (C=O) groups is 1. The number of unbranched alkanes of at least 4 members (excludes halogenated alkanes) is 2. The molecule has 1 N–H and O–H groups in total. The Labute approximate surface area is 109 Å². The van der Waals surface area contributed by atoms with Gasteiger partial charge in [0.05, 0.1) is 5.56 Å². The molecular weight excluding hydrogens is 224 g/mol. The molecule has 1 aromatic carbocycles. The minimum atomic E-state index is -0.814. The molecule has 0 aromatic heterocycles. The van der Waals surface area contributed by atoms with E-state index in [0.717, 1.165) is 18.8 Å². The summed E-state index contributed by atoms with van der Waals surface area (Å²) in [6, 6.07) is 5.61. The van der Waals surface area contributed by atoms with Gasteiger partial charge in [-0.2, -0.15) is 0 Å². The first-order chi connectivity index (χ1) is 8.70. The second kappa shape index (κ2) is 6.03. The Kier molecular flexibility index (Phi) is 4.40. The van der Waals surface area contributed by atoms with E-state index >= 15 is 0 Å². The largest absolute Gasteiger partial charge is 0.478 e. The van der Waals surface area contributed by atoms with Gasteiger partial charge in [-0.3, -0.25) is 0 Å². The summed E-state index contributed by atoms with van der Waals surface area (Å²) in [5.41, 5.74) is 3.05. The molecule has 18 heavy (non-hydrogen) atoms. The fraction of sp³-hybridized carbons (Fsp3) is 0.562. The minimum Gasteiger partial charge on any atom is -0.478 e. The normalized spacial score (nSPS) is 18.4. The first kappa shape index (κ1) is 13.1. The molecule has 2 heteroatoms. The molecule has 2 rings (SSSR count). The number of aromatic carboxylic acids is 1. The van der Waals surface area contributed by atoms with Crippen molar-refractivity contribution in [2.45, 2.75) is 51.9 Å². The molecule has 1 aliphatic rings. The summed E-state index contributed by atoms with van der Waals surface area (Å²) < 4.78 is 0. The highest BCUT2D eigenvalue weighted by Crippen LogP contribution is 2.29. The Hall–Kier alpha value is -1.31.